The van der Waals surface area contributed by atoms with Crippen LogP contribution in [0.2, 0.25) is 0 Å². The van der Waals surface area contributed by atoms with Gasteiger partial charge in [-0.1, -0.05) is 19.3 Å². The van der Waals surface area contributed by atoms with E-state index in [1.54, 1.807) is 11.3 Å². The van der Waals surface area contributed by atoms with Crippen molar-refractivity contribution in [3.63, 3.8) is 0 Å². The maximum Gasteiger partial charge on any atom is 0.158 e. The van der Waals surface area contributed by atoms with Crippen molar-refractivity contribution in [2.75, 3.05) is 13.1 Å². The van der Waals surface area contributed by atoms with E-state index in [-0.39, 0.29) is 5.54 Å². The van der Waals surface area contributed by atoms with E-state index in [4.69, 9.17) is 0 Å². The molecule has 0 aromatic carbocycles. The summed E-state index contributed by atoms with van der Waals surface area (Å²) < 4.78 is 1.12. The van der Waals surface area contributed by atoms with Crippen LogP contribution in [0.5, 0.6) is 0 Å². The molecule has 1 aromatic rings. The summed E-state index contributed by atoms with van der Waals surface area (Å²) in [6.45, 7) is 2.25. The first-order chi connectivity index (χ1) is 9.71. The van der Waals surface area contributed by atoms with Crippen LogP contribution in [0.4, 0.5) is 0 Å². The van der Waals surface area contributed by atoms with Crippen LogP contribution in [0.25, 0.3) is 0 Å². The van der Waals surface area contributed by atoms with Crippen LogP contribution >= 0.6 is 27.3 Å². The molecule has 0 amide bonds. The van der Waals surface area contributed by atoms with Crippen LogP contribution in [0.15, 0.2) is 15.9 Å². The van der Waals surface area contributed by atoms with Gasteiger partial charge in [-0.05, 0) is 66.8 Å². The van der Waals surface area contributed by atoms with E-state index in [2.05, 4.69) is 33.0 Å². The molecule has 3 rings (SSSR count). The first-order valence-electron chi connectivity index (χ1n) is 7.73. The van der Waals surface area contributed by atoms with Gasteiger partial charge in [-0.2, -0.15) is 0 Å². The number of thiophene rings is 1. The molecule has 0 bridgehead atoms. The summed E-state index contributed by atoms with van der Waals surface area (Å²) in [6.07, 6.45) is 9.08. The Morgan fingerprint density at radius 1 is 1.15 bits per heavy atom. The lowest BCUT2D eigenvalue weighted by Crippen LogP contribution is -2.55. The predicted molar refractivity (Wildman–Crippen MR) is 87.4 cm³/mol. The van der Waals surface area contributed by atoms with Gasteiger partial charge in [-0.25, -0.2) is 0 Å². The molecule has 1 saturated heterocycles. The van der Waals surface area contributed by atoms with Crippen molar-refractivity contribution in [2.45, 2.75) is 56.9 Å². The van der Waals surface area contributed by atoms with Crippen molar-refractivity contribution < 1.29 is 4.79 Å². The summed E-state index contributed by atoms with van der Waals surface area (Å²) in [4.78, 5) is 16.7. The highest BCUT2D eigenvalue weighted by molar-refractivity contribution is 9.11. The van der Waals surface area contributed by atoms with E-state index in [9.17, 15) is 4.79 Å². The fraction of sp³-hybridized carbons (Fsp3) is 0.688. The van der Waals surface area contributed by atoms with Gasteiger partial charge in [-0.3, -0.25) is 9.69 Å². The standard InChI is InChI=1S/C16H22BrNOS/c17-15-7-6-13(20-15)12-14(19)16(8-2-3-9-16)18-10-4-1-5-11-18/h6-7H,1-5,8-12H2. The first-order valence-corrected chi connectivity index (χ1v) is 9.34. The van der Waals surface area contributed by atoms with Crippen molar-refractivity contribution in [1.29, 1.82) is 0 Å². The quantitative estimate of drug-likeness (QED) is 0.796. The number of Topliss-reactive ketones (excluding diaryl/α,β-unsaturated/α-hetero) is 1. The molecule has 2 heterocycles. The summed E-state index contributed by atoms with van der Waals surface area (Å²) in [5.41, 5.74) is -0.128. The molecule has 20 heavy (non-hydrogen) atoms. The Balaban J connectivity index is 1.76. The van der Waals surface area contributed by atoms with Gasteiger partial charge in [0.25, 0.3) is 0 Å². The van der Waals surface area contributed by atoms with E-state index >= 15 is 0 Å². The second kappa shape index (κ2) is 6.29. The van der Waals surface area contributed by atoms with Gasteiger partial charge in [-0.15, -0.1) is 11.3 Å². The molecule has 1 aliphatic heterocycles. The lowest BCUT2D eigenvalue weighted by molar-refractivity contribution is -0.131. The Hall–Kier alpha value is -0.190. The summed E-state index contributed by atoms with van der Waals surface area (Å²) in [5.74, 6) is 0.464. The molecular weight excluding hydrogens is 334 g/mol. The maximum absolute atomic E-state index is 13.0. The summed E-state index contributed by atoms with van der Waals surface area (Å²) in [5, 5.41) is 0. The molecule has 0 N–H and O–H groups in total. The summed E-state index contributed by atoms with van der Waals surface area (Å²) in [7, 11) is 0. The Labute approximate surface area is 133 Å². The zero-order valence-electron chi connectivity index (χ0n) is 11.9. The zero-order chi connectivity index (χ0) is 14.0. The van der Waals surface area contributed by atoms with Gasteiger partial charge in [0.05, 0.1) is 9.33 Å². The number of rotatable bonds is 4. The van der Waals surface area contributed by atoms with Crippen LogP contribution < -0.4 is 0 Å². The average Bonchev–Trinajstić information content (AvgIpc) is 3.10. The fourth-order valence-corrected chi connectivity index (χ4v) is 5.30. The number of halogens is 1. The van der Waals surface area contributed by atoms with Crippen LogP contribution in [0, 0.1) is 0 Å². The Morgan fingerprint density at radius 2 is 1.85 bits per heavy atom. The van der Waals surface area contributed by atoms with Gasteiger partial charge in [0.1, 0.15) is 0 Å². The molecule has 2 aliphatic rings. The van der Waals surface area contributed by atoms with Crippen LogP contribution in [-0.4, -0.2) is 29.3 Å². The summed E-state index contributed by atoms with van der Waals surface area (Å²) >= 11 is 5.19. The van der Waals surface area contributed by atoms with E-state index in [1.807, 2.05) is 0 Å². The molecule has 2 nitrogen and oxygen atoms in total. The van der Waals surface area contributed by atoms with Crippen molar-refractivity contribution in [3.05, 3.63) is 20.8 Å². The SMILES string of the molecule is O=C(Cc1ccc(Br)s1)C1(N2CCCCC2)CCCC1. The Kier molecular flexibility index (Phi) is 4.63. The van der Waals surface area contributed by atoms with Crippen LogP contribution in [0.1, 0.15) is 49.8 Å². The number of piperidine rings is 1. The number of nitrogens with zero attached hydrogens (tertiary/aromatic N) is 1. The largest absolute Gasteiger partial charge is 0.297 e. The minimum Gasteiger partial charge on any atom is -0.297 e. The van der Waals surface area contributed by atoms with E-state index in [0.29, 0.717) is 12.2 Å². The minimum absolute atomic E-state index is 0.128. The predicted octanol–water partition coefficient (Wildman–Crippen LogP) is 4.42. The third kappa shape index (κ3) is 2.88. The van der Waals surface area contributed by atoms with E-state index < -0.39 is 0 Å². The third-order valence-corrected chi connectivity index (χ3v) is 6.50. The molecular formula is C16H22BrNOS. The molecule has 0 radical (unpaired) electrons. The number of ketones is 1. The van der Waals surface area contributed by atoms with Crippen molar-refractivity contribution in [3.8, 4) is 0 Å². The molecule has 0 unspecified atom stereocenters. The molecule has 110 valence electrons. The molecule has 1 aliphatic carbocycles. The minimum atomic E-state index is -0.128. The monoisotopic (exact) mass is 355 g/mol. The number of carbonyl (C=O) groups excluding carboxylic acids is 1. The highest BCUT2D eigenvalue weighted by Crippen LogP contribution is 2.39. The highest BCUT2D eigenvalue weighted by atomic mass is 79.9. The molecule has 1 saturated carbocycles. The molecule has 0 atom stereocenters. The summed E-state index contributed by atoms with van der Waals surface area (Å²) in [6, 6.07) is 4.14. The zero-order valence-corrected chi connectivity index (χ0v) is 14.3. The van der Waals surface area contributed by atoms with Gasteiger partial charge >= 0.3 is 0 Å². The van der Waals surface area contributed by atoms with Gasteiger partial charge in [0.2, 0.25) is 0 Å². The number of carbonyl (C=O) groups is 1. The maximum atomic E-state index is 13.0. The van der Waals surface area contributed by atoms with Crippen LogP contribution in [-0.2, 0) is 11.2 Å². The first kappa shape index (κ1) is 14.7. The van der Waals surface area contributed by atoms with Gasteiger partial charge < -0.3 is 0 Å². The highest BCUT2D eigenvalue weighted by Gasteiger charge is 2.45. The number of hydrogen-bond donors (Lipinski definition) is 0. The second-order valence-corrected chi connectivity index (χ2v) is 8.64. The van der Waals surface area contributed by atoms with Crippen molar-refractivity contribution in [1.82, 2.24) is 4.90 Å². The van der Waals surface area contributed by atoms with Gasteiger partial charge in [0, 0.05) is 11.3 Å². The van der Waals surface area contributed by atoms with E-state index in [1.165, 1.54) is 37.0 Å². The topological polar surface area (TPSA) is 20.3 Å². The van der Waals surface area contributed by atoms with Gasteiger partial charge in [0.15, 0.2) is 5.78 Å². The average molecular weight is 356 g/mol. The van der Waals surface area contributed by atoms with E-state index in [0.717, 1.165) is 29.7 Å². The molecule has 4 heteroatoms. The smallest absolute Gasteiger partial charge is 0.158 e. The lowest BCUT2D eigenvalue weighted by atomic mass is 9.86. The normalized spacial score (nSPS) is 23.1. The Bertz CT molecular complexity index is 473. The molecule has 0 spiro atoms. The second-order valence-electron chi connectivity index (χ2n) is 6.09. The van der Waals surface area contributed by atoms with Crippen molar-refractivity contribution in [2.24, 2.45) is 0 Å². The fourth-order valence-electron chi connectivity index (χ4n) is 3.82. The number of likely N-dealkylation sites (tertiary alicyclic amines) is 1. The molecule has 1 aromatic heterocycles. The number of hydrogen-bond acceptors (Lipinski definition) is 3. The third-order valence-electron chi connectivity index (χ3n) is 4.87. The lowest BCUT2D eigenvalue weighted by Gasteiger charge is -2.42. The Morgan fingerprint density at radius 3 is 2.45 bits per heavy atom. The van der Waals surface area contributed by atoms with Crippen molar-refractivity contribution >= 4 is 33.0 Å². The van der Waals surface area contributed by atoms with Crippen LogP contribution in [0.3, 0.4) is 0 Å². The molecule has 2 fully saturated rings.